The van der Waals surface area contributed by atoms with Crippen LogP contribution in [-0.4, -0.2) is 72.3 Å². The number of morpholine rings is 1. The van der Waals surface area contributed by atoms with Gasteiger partial charge in [-0.05, 0) is 31.2 Å². The lowest BCUT2D eigenvalue weighted by Gasteiger charge is -2.26. The second-order valence-electron chi connectivity index (χ2n) is 6.67. The Bertz CT molecular complexity index is 975. The van der Waals surface area contributed by atoms with Gasteiger partial charge in [0.15, 0.2) is 11.0 Å². The highest BCUT2D eigenvalue weighted by atomic mass is 32.2. The van der Waals surface area contributed by atoms with E-state index >= 15 is 0 Å². The molecule has 1 fully saturated rings. The number of carbonyl (C=O) groups is 1. The highest BCUT2D eigenvalue weighted by molar-refractivity contribution is 7.99. The predicted octanol–water partition coefficient (Wildman–Crippen LogP) is 1.35. The van der Waals surface area contributed by atoms with E-state index in [2.05, 4.69) is 10.2 Å². The van der Waals surface area contributed by atoms with Crippen molar-refractivity contribution in [2.45, 2.75) is 25.2 Å². The van der Waals surface area contributed by atoms with E-state index in [9.17, 15) is 17.6 Å². The van der Waals surface area contributed by atoms with Gasteiger partial charge < -0.3 is 14.2 Å². The van der Waals surface area contributed by atoms with Crippen molar-refractivity contribution in [3.8, 4) is 0 Å². The van der Waals surface area contributed by atoms with Gasteiger partial charge >= 0.3 is 0 Å². The summed E-state index contributed by atoms with van der Waals surface area (Å²) in [6.07, 6.45) is 1.08. The maximum absolute atomic E-state index is 13.2. The van der Waals surface area contributed by atoms with Gasteiger partial charge in [-0.1, -0.05) is 11.8 Å². The third-order valence-electron chi connectivity index (χ3n) is 4.60. The van der Waals surface area contributed by atoms with Crippen molar-refractivity contribution in [1.29, 1.82) is 0 Å². The van der Waals surface area contributed by atoms with Gasteiger partial charge in [0.25, 0.3) is 0 Å². The first-order valence-electron chi connectivity index (χ1n) is 9.43. The van der Waals surface area contributed by atoms with Gasteiger partial charge in [-0.3, -0.25) is 9.10 Å². The Morgan fingerprint density at radius 1 is 1.23 bits per heavy atom. The molecule has 1 aliphatic heterocycles. The van der Waals surface area contributed by atoms with Gasteiger partial charge in [-0.2, -0.15) is 0 Å². The summed E-state index contributed by atoms with van der Waals surface area (Å²) in [6.45, 7) is 4.58. The van der Waals surface area contributed by atoms with Gasteiger partial charge in [0.1, 0.15) is 5.82 Å². The molecule has 0 radical (unpaired) electrons. The van der Waals surface area contributed by atoms with Gasteiger partial charge in [-0.15, -0.1) is 10.2 Å². The summed E-state index contributed by atoms with van der Waals surface area (Å²) in [4.78, 5) is 14.1. The number of rotatable bonds is 8. The number of nitrogens with zero attached hydrogens (tertiary/aromatic N) is 5. The molecule has 9 nitrogen and oxygen atoms in total. The first-order chi connectivity index (χ1) is 14.3. The fourth-order valence-electron chi connectivity index (χ4n) is 3.03. The van der Waals surface area contributed by atoms with E-state index in [1.807, 2.05) is 6.92 Å². The van der Waals surface area contributed by atoms with E-state index in [0.717, 1.165) is 10.6 Å². The summed E-state index contributed by atoms with van der Waals surface area (Å²) in [5.41, 5.74) is 0.334. The largest absolute Gasteiger partial charge is 0.378 e. The van der Waals surface area contributed by atoms with Gasteiger partial charge in [0, 0.05) is 19.6 Å². The SMILES string of the molecule is CCn1c(CN(c2ccc(F)cc2)S(C)(=O)=O)nnc1SCC(=O)N1CCOCC1. The van der Waals surface area contributed by atoms with E-state index in [1.54, 1.807) is 9.47 Å². The minimum atomic E-state index is -3.63. The summed E-state index contributed by atoms with van der Waals surface area (Å²) in [6, 6.07) is 5.21. The van der Waals surface area contributed by atoms with Gasteiger partial charge in [0.05, 0.1) is 37.5 Å². The maximum atomic E-state index is 13.2. The van der Waals surface area contributed by atoms with Crippen LogP contribution in [0.2, 0.25) is 0 Å². The van der Waals surface area contributed by atoms with Crippen LogP contribution in [0.25, 0.3) is 0 Å². The van der Waals surface area contributed by atoms with Crippen LogP contribution in [0.3, 0.4) is 0 Å². The number of hydrogen-bond acceptors (Lipinski definition) is 7. The van der Waals surface area contributed by atoms with Crippen LogP contribution in [0.15, 0.2) is 29.4 Å². The number of benzene rings is 1. The minimum absolute atomic E-state index is 0.000391. The van der Waals surface area contributed by atoms with Crippen molar-refractivity contribution < 1.29 is 22.3 Å². The number of ether oxygens (including phenoxy) is 1. The molecule has 30 heavy (non-hydrogen) atoms. The monoisotopic (exact) mass is 457 g/mol. The molecule has 1 aromatic heterocycles. The van der Waals surface area contributed by atoms with Crippen LogP contribution in [-0.2, 0) is 32.6 Å². The molecule has 0 atom stereocenters. The zero-order valence-corrected chi connectivity index (χ0v) is 18.5. The Balaban J connectivity index is 1.75. The predicted molar refractivity (Wildman–Crippen MR) is 111 cm³/mol. The molecule has 1 aliphatic rings. The Kier molecular flexibility index (Phi) is 7.32. The van der Waals surface area contributed by atoms with Crippen LogP contribution in [0.1, 0.15) is 12.7 Å². The molecule has 1 saturated heterocycles. The molecule has 12 heteroatoms. The Morgan fingerprint density at radius 3 is 2.50 bits per heavy atom. The minimum Gasteiger partial charge on any atom is -0.378 e. The van der Waals surface area contributed by atoms with Crippen molar-refractivity contribution in [2.75, 3.05) is 42.6 Å². The standard InChI is InChI=1S/C18H24FN5O4S2/c1-3-23-16(12-24(30(2,26)27)15-6-4-14(19)5-7-15)20-21-18(23)29-13-17(25)22-8-10-28-11-9-22/h4-7H,3,8-13H2,1-2H3. The normalized spacial score (nSPS) is 14.7. The number of sulfonamides is 1. The molecule has 1 aromatic carbocycles. The number of thioether (sulfide) groups is 1. The van der Waals surface area contributed by atoms with Crippen molar-refractivity contribution in [3.05, 3.63) is 35.9 Å². The molecule has 164 valence electrons. The van der Waals surface area contributed by atoms with Crippen LogP contribution in [0, 0.1) is 5.82 Å². The van der Waals surface area contributed by atoms with Crippen molar-refractivity contribution in [3.63, 3.8) is 0 Å². The van der Waals surface area contributed by atoms with E-state index in [0.29, 0.717) is 49.5 Å². The Hall–Kier alpha value is -2.18. The number of hydrogen-bond donors (Lipinski definition) is 0. The summed E-state index contributed by atoms with van der Waals surface area (Å²) in [7, 11) is -3.63. The first-order valence-corrected chi connectivity index (χ1v) is 12.3. The summed E-state index contributed by atoms with van der Waals surface area (Å²) < 4.78 is 46.1. The second kappa shape index (κ2) is 9.75. The average Bonchev–Trinajstić information content (AvgIpc) is 3.12. The molecule has 0 N–H and O–H groups in total. The summed E-state index contributed by atoms with van der Waals surface area (Å²) in [5, 5.41) is 8.83. The number of carbonyl (C=O) groups excluding carboxylic acids is 1. The molecule has 0 unspecified atom stereocenters. The van der Waals surface area contributed by atoms with Crippen LogP contribution in [0.5, 0.6) is 0 Å². The smallest absolute Gasteiger partial charge is 0.233 e. The quantitative estimate of drug-likeness (QED) is 0.552. The highest BCUT2D eigenvalue weighted by Crippen LogP contribution is 2.23. The van der Waals surface area contributed by atoms with E-state index in [4.69, 9.17) is 4.74 Å². The van der Waals surface area contributed by atoms with Crippen molar-refractivity contribution in [1.82, 2.24) is 19.7 Å². The zero-order chi connectivity index (χ0) is 21.7. The molecule has 3 rings (SSSR count). The molecule has 2 aromatic rings. The molecule has 1 amide bonds. The van der Waals surface area contributed by atoms with Crippen LogP contribution < -0.4 is 4.31 Å². The third kappa shape index (κ3) is 5.49. The second-order valence-corrected chi connectivity index (χ2v) is 9.52. The molecule has 0 aliphatic carbocycles. The lowest BCUT2D eigenvalue weighted by molar-refractivity contribution is -0.132. The van der Waals surface area contributed by atoms with E-state index in [-0.39, 0.29) is 18.2 Å². The number of amides is 1. The van der Waals surface area contributed by atoms with Crippen LogP contribution in [0.4, 0.5) is 10.1 Å². The molecular weight excluding hydrogens is 433 g/mol. The Labute approximate surface area is 179 Å². The summed E-state index contributed by atoms with van der Waals surface area (Å²) >= 11 is 1.27. The summed E-state index contributed by atoms with van der Waals surface area (Å²) in [5.74, 6) is 0.201. The molecule has 0 bridgehead atoms. The van der Waals surface area contributed by atoms with E-state index < -0.39 is 15.8 Å². The van der Waals surface area contributed by atoms with Gasteiger partial charge in [-0.25, -0.2) is 12.8 Å². The van der Waals surface area contributed by atoms with Crippen LogP contribution >= 0.6 is 11.8 Å². The lowest BCUT2D eigenvalue weighted by atomic mass is 10.3. The van der Waals surface area contributed by atoms with Crippen molar-refractivity contribution >= 4 is 33.4 Å². The lowest BCUT2D eigenvalue weighted by Crippen LogP contribution is -2.41. The third-order valence-corrected chi connectivity index (χ3v) is 6.69. The highest BCUT2D eigenvalue weighted by Gasteiger charge is 2.23. The van der Waals surface area contributed by atoms with Gasteiger partial charge in [0.2, 0.25) is 15.9 Å². The molecule has 2 heterocycles. The fourth-order valence-corrected chi connectivity index (χ4v) is 4.81. The number of aromatic nitrogens is 3. The van der Waals surface area contributed by atoms with E-state index in [1.165, 1.54) is 36.0 Å². The fraction of sp³-hybridized carbons (Fsp3) is 0.500. The topological polar surface area (TPSA) is 97.6 Å². The maximum Gasteiger partial charge on any atom is 0.233 e. The average molecular weight is 458 g/mol. The van der Waals surface area contributed by atoms with Crippen molar-refractivity contribution in [2.24, 2.45) is 0 Å². The molecule has 0 saturated carbocycles. The Morgan fingerprint density at radius 2 is 1.90 bits per heavy atom. The number of halogens is 1. The number of anilines is 1. The molecular formula is C18H24FN5O4S2. The zero-order valence-electron chi connectivity index (χ0n) is 16.8. The molecule has 0 spiro atoms. The first kappa shape index (κ1) is 22.5.